The Morgan fingerprint density at radius 1 is 0.530 bits per heavy atom. The summed E-state index contributed by atoms with van der Waals surface area (Å²) in [5.41, 5.74) is 0. The van der Waals surface area contributed by atoms with Crippen LogP contribution < -0.4 is 0 Å². The summed E-state index contributed by atoms with van der Waals surface area (Å²) < 4.78 is 54.1. The molecule has 1 fully saturated rings. The van der Waals surface area contributed by atoms with Crippen LogP contribution in [0.4, 0.5) is 0 Å². The van der Waals surface area contributed by atoms with E-state index >= 15 is 0 Å². The van der Waals surface area contributed by atoms with Crippen LogP contribution in [0.15, 0.2) is 60.8 Å². The molecule has 0 spiro atoms. The number of aliphatic hydroxyl groups excluding tert-OH is 3. The summed E-state index contributed by atoms with van der Waals surface area (Å²) in [6.07, 6.45) is 44.2. The van der Waals surface area contributed by atoms with E-state index in [1.54, 1.807) is 0 Å². The molecular formula is C53H92O12S. The summed E-state index contributed by atoms with van der Waals surface area (Å²) in [5, 5.41) is 31.0. The number of hydrogen-bond acceptors (Lipinski definition) is 11. The monoisotopic (exact) mass is 953 g/mol. The van der Waals surface area contributed by atoms with Gasteiger partial charge in [-0.05, 0) is 77.0 Å². The minimum absolute atomic E-state index is 0.0988. The Balaban J connectivity index is 2.40. The summed E-state index contributed by atoms with van der Waals surface area (Å²) in [5.74, 6) is -2.06. The molecule has 0 aromatic heterocycles. The Labute approximate surface area is 400 Å². The van der Waals surface area contributed by atoms with Crippen LogP contribution in [0, 0.1) is 0 Å². The lowest BCUT2D eigenvalue weighted by Gasteiger charge is -2.40. The number of esters is 2. The number of rotatable bonds is 43. The van der Waals surface area contributed by atoms with Gasteiger partial charge in [0.15, 0.2) is 12.4 Å². The predicted molar refractivity (Wildman–Crippen MR) is 265 cm³/mol. The van der Waals surface area contributed by atoms with Crippen LogP contribution in [-0.4, -0.2) is 96.0 Å². The van der Waals surface area contributed by atoms with Gasteiger partial charge in [-0.25, -0.2) is 0 Å². The highest BCUT2D eigenvalue weighted by Crippen LogP contribution is 2.24. The zero-order chi connectivity index (χ0) is 48.4. The lowest BCUT2D eigenvalue weighted by Crippen LogP contribution is -2.60. The third kappa shape index (κ3) is 36.4. The SMILES string of the molecule is CC/C=C/C/C=C/C/C=C/CCCCCCCC(=O)OC[C@H](CO[C@H]1O[C@H](CS(=O)(=O)O)[C@@H](O)C(O)C1O)OC(=O)CCC/C=C/CC/C=C/CCCCCCCCCCCCCCCC. The van der Waals surface area contributed by atoms with E-state index in [4.69, 9.17) is 18.9 Å². The van der Waals surface area contributed by atoms with Crippen molar-refractivity contribution in [1.29, 1.82) is 0 Å². The van der Waals surface area contributed by atoms with Gasteiger partial charge in [-0.2, -0.15) is 8.42 Å². The van der Waals surface area contributed by atoms with Crippen molar-refractivity contribution >= 4 is 22.1 Å². The minimum atomic E-state index is -4.61. The van der Waals surface area contributed by atoms with Crippen LogP contribution in [0.2, 0.25) is 0 Å². The Morgan fingerprint density at radius 2 is 0.985 bits per heavy atom. The second-order valence-corrected chi connectivity index (χ2v) is 19.3. The third-order valence-corrected chi connectivity index (χ3v) is 12.3. The van der Waals surface area contributed by atoms with Gasteiger partial charge in [0.05, 0.1) is 6.61 Å². The number of allylic oxidation sites excluding steroid dienone is 10. The average Bonchev–Trinajstić information content (AvgIpc) is 3.28. The lowest BCUT2D eigenvalue weighted by atomic mass is 10.00. The topological polar surface area (TPSA) is 186 Å². The van der Waals surface area contributed by atoms with Crippen molar-refractivity contribution < 1.29 is 56.8 Å². The van der Waals surface area contributed by atoms with Gasteiger partial charge in [0, 0.05) is 12.8 Å². The third-order valence-electron chi connectivity index (χ3n) is 11.6. The van der Waals surface area contributed by atoms with Crippen molar-refractivity contribution in [1.82, 2.24) is 0 Å². The molecule has 1 saturated heterocycles. The molecule has 0 bridgehead atoms. The molecule has 0 saturated carbocycles. The fourth-order valence-electron chi connectivity index (χ4n) is 7.59. The van der Waals surface area contributed by atoms with Crippen LogP contribution in [-0.2, 0) is 38.7 Å². The van der Waals surface area contributed by atoms with Crippen LogP contribution >= 0.6 is 0 Å². The lowest BCUT2D eigenvalue weighted by molar-refractivity contribution is -0.297. The summed E-state index contributed by atoms with van der Waals surface area (Å²) in [6.45, 7) is 3.62. The molecule has 0 radical (unpaired) electrons. The standard InChI is InChI=1S/C53H92O12S/c1-3-5-7-9-11-13-15-17-19-20-21-22-23-24-25-26-28-30-32-34-36-38-40-42-49(55)64-46(44-63-53-52(58)51(57)50(56)47(65-53)45-66(59,60)61)43-62-48(54)41-39-37-35-33-31-29-27-18-16-14-12-10-8-6-4-2/h6,8,12,14,18,26-28,34,36,46-47,50-53,56-58H,3-5,7,9-11,13,15-17,19-25,29-33,35,37-45H2,1-2H3,(H,59,60,61)/b8-6+,14-12+,27-18+,28-26+,36-34+/t46-,47-,50-,51?,52?,53+/m1/s1. The van der Waals surface area contributed by atoms with Gasteiger partial charge in [0.2, 0.25) is 0 Å². The van der Waals surface area contributed by atoms with Crippen molar-refractivity contribution in [2.45, 2.75) is 243 Å². The van der Waals surface area contributed by atoms with Crippen LogP contribution in [0.1, 0.15) is 206 Å². The molecule has 0 amide bonds. The Kier molecular flexibility index (Phi) is 39.5. The van der Waals surface area contributed by atoms with Crippen LogP contribution in [0.3, 0.4) is 0 Å². The van der Waals surface area contributed by atoms with Crippen molar-refractivity contribution in [3.05, 3.63) is 60.8 Å². The molecule has 1 rings (SSSR count). The first-order chi connectivity index (χ1) is 32.0. The molecule has 0 aromatic carbocycles. The molecule has 382 valence electrons. The summed E-state index contributed by atoms with van der Waals surface area (Å²) >= 11 is 0. The van der Waals surface area contributed by atoms with Gasteiger partial charge in [-0.1, -0.05) is 177 Å². The number of carbonyl (C=O) groups excluding carboxylic acids is 2. The number of carbonyl (C=O) groups is 2. The van der Waals surface area contributed by atoms with Gasteiger partial charge in [-0.15, -0.1) is 0 Å². The van der Waals surface area contributed by atoms with E-state index in [0.717, 1.165) is 70.6 Å². The molecule has 1 aliphatic heterocycles. The maximum absolute atomic E-state index is 12.9. The molecule has 6 atom stereocenters. The summed E-state index contributed by atoms with van der Waals surface area (Å²) in [7, 11) is -4.61. The first kappa shape index (κ1) is 61.4. The summed E-state index contributed by atoms with van der Waals surface area (Å²) in [6, 6.07) is 0. The second kappa shape index (κ2) is 42.5. The Bertz CT molecular complexity index is 1440. The number of ether oxygens (including phenoxy) is 4. The first-order valence-electron chi connectivity index (χ1n) is 25.8. The minimum Gasteiger partial charge on any atom is -0.462 e. The van der Waals surface area contributed by atoms with E-state index in [1.165, 1.54) is 89.9 Å². The van der Waals surface area contributed by atoms with Crippen LogP contribution in [0.25, 0.3) is 0 Å². The van der Waals surface area contributed by atoms with Gasteiger partial charge in [0.25, 0.3) is 10.1 Å². The number of hydrogen-bond donors (Lipinski definition) is 4. The zero-order valence-electron chi connectivity index (χ0n) is 41.0. The molecule has 1 aliphatic rings. The van der Waals surface area contributed by atoms with E-state index in [2.05, 4.69) is 68.5 Å². The van der Waals surface area contributed by atoms with Crippen molar-refractivity contribution in [2.75, 3.05) is 19.0 Å². The highest BCUT2D eigenvalue weighted by Gasteiger charge is 2.46. The quantitative estimate of drug-likeness (QED) is 0.0196. The molecule has 66 heavy (non-hydrogen) atoms. The second-order valence-electron chi connectivity index (χ2n) is 17.8. The van der Waals surface area contributed by atoms with Gasteiger partial charge < -0.3 is 34.3 Å². The predicted octanol–water partition coefficient (Wildman–Crippen LogP) is 11.7. The van der Waals surface area contributed by atoms with Gasteiger partial charge >= 0.3 is 11.9 Å². The highest BCUT2D eigenvalue weighted by molar-refractivity contribution is 7.85. The molecular weight excluding hydrogens is 861 g/mol. The van der Waals surface area contributed by atoms with Crippen molar-refractivity contribution in [3.8, 4) is 0 Å². The van der Waals surface area contributed by atoms with Gasteiger partial charge in [-0.3, -0.25) is 14.1 Å². The molecule has 1 heterocycles. The van der Waals surface area contributed by atoms with Crippen LogP contribution in [0.5, 0.6) is 0 Å². The van der Waals surface area contributed by atoms with E-state index in [-0.39, 0.29) is 19.4 Å². The van der Waals surface area contributed by atoms with E-state index in [0.29, 0.717) is 19.3 Å². The number of aliphatic hydroxyl groups is 3. The van der Waals surface area contributed by atoms with Gasteiger partial charge in [0.1, 0.15) is 36.8 Å². The maximum Gasteiger partial charge on any atom is 0.306 e. The Hall–Kier alpha value is -2.65. The van der Waals surface area contributed by atoms with Crippen molar-refractivity contribution in [2.24, 2.45) is 0 Å². The normalized spacial score (nSPS) is 19.9. The van der Waals surface area contributed by atoms with E-state index < -0.39 is 71.2 Å². The van der Waals surface area contributed by atoms with E-state index in [1.807, 2.05) is 6.08 Å². The smallest absolute Gasteiger partial charge is 0.306 e. The molecule has 0 aromatic rings. The zero-order valence-corrected chi connectivity index (χ0v) is 41.9. The largest absolute Gasteiger partial charge is 0.462 e. The first-order valence-corrected chi connectivity index (χ1v) is 27.5. The molecule has 2 unspecified atom stereocenters. The molecule has 13 heteroatoms. The van der Waals surface area contributed by atoms with E-state index in [9.17, 15) is 37.9 Å². The highest BCUT2D eigenvalue weighted by atomic mass is 32.2. The number of unbranched alkanes of at least 4 members (excludes halogenated alkanes) is 21. The molecule has 0 aliphatic carbocycles. The summed E-state index contributed by atoms with van der Waals surface area (Å²) in [4.78, 5) is 25.5. The molecule has 4 N–H and O–H groups in total. The van der Waals surface area contributed by atoms with Crippen molar-refractivity contribution in [3.63, 3.8) is 0 Å². The Morgan fingerprint density at radius 3 is 1.53 bits per heavy atom. The molecule has 12 nitrogen and oxygen atoms in total. The average molecular weight is 953 g/mol. The maximum atomic E-state index is 12.9. The fraction of sp³-hybridized carbons (Fsp3) is 0.774. The fourth-order valence-corrected chi connectivity index (χ4v) is 8.28.